The van der Waals surface area contributed by atoms with E-state index in [1.807, 2.05) is 41.8 Å². The van der Waals surface area contributed by atoms with Gasteiger partial charge in [-0.15, -0.1) is 16.4 Å². The summed E-state index contributed by atoms with van der Waals surface area (Å²) in [6.45, 7) is 2.48. The molecule has 2 aromatic heterocycles. The SMILES string of the molecule is CCCCc1nn(-c2ccccc2Cl)c(=O)n1Cc1ccc(-c2sccc2NS(=O)[O-])cc1. The molecule has 10 heteroatoms. The summed E-state index contributed by atoms with van der Waals surface area (Å²) >= 11 is 5.39. The van der Waals surface area contributed by atoms with Crippen molar-refractivity contribution in [3.8, 4) is 16.1 Å². The van der Waals surface area contributed by atoms with Crippen LogP contribution in [0, 0.1) is 0 Å². The molecular weight excluding hydrogens is 480 g/mol. The molecule has 0 saturated carbocycles. The van der Waals surface area contributed by atoms with Crippen LogP contribution in [0.25, 0.3) is 16.1 Å². The zero-order valence-corrected chi connectivity index (χ0v) is 20.3. The summed E-state index contributed by atoms with van der Waals surface area (Å²) in [4.78, 5) is 14.1. The van der Waals surface area contributed by atoms with Gasteiger partial charge in [0.05, 0.1) is 27.8 Å². The van der Waals surface area contributed by atoms with E-state index in [9.17, 15) is 13.6 Å². The second-order valence-corrected chi connectivity index (χ2v) is 9.45. The zero-order chi connectivity index (χ0) is 23.4. The molecule has 1 N–H and O–H groups in total. The smallest absolute Gasteiger partial charge is 0.351 e. The van der Waals surface area contributed by atoms with Crippen molar-refractivity contribution >= 4 is 39.9 Å². The molecule has 0 radical (unpaired) electrons. The third-order valence-electron chi connectivity index (χ3n) is 5.19. The number of benzene rings is 2. The number of aryl methyl sites for hydroxylation is 1. The molecule has 33 heavy (non-hydrogen) atoms. The Bertz CT molecular complexity index is 1330. The van der Waals surface area contributed by atoms with E-state index in [2.05, 4.69) is 16.7 Å². The van der Waals surface area contributed by atoms with Gasteiger partial charge in [-0.25, -0.2) is 4.79 Å². The first kappa shape index (κ1) is 23.4. The quantitative estimate of drug-likeness (QED) is 0.326. The summed E-state index contributed by atoms with van der Waals surface area (Å²) in [6.07, 6.45) is 2.61. The number of thiophene rings is 1. The average molecular weight is 502 g/mol. The molecule has 4 aromatic rings. The fourth-order valence-corrected chi connectivity index (χ4v) is 5.03. The van der Waals surface area contributed by atoms with Crippen LogP contribution in [0.4, 0.5) is 5.69 Å². The maximum Gasteiger partial charge on any atom is 0.351 e. The predicted octanol–water partition coefficient (Wildman–Crippen LogP) is 5.01. The Kier molecular flexibility index (Phi) is 7.44. The summed E-state index contributed by atoms with van der Waals surface area (Å²) in [5, 5.41) is 6.89. The molecule has 0 aliphatic heterocycles. The topological polar surface area (TPSA) is 92.0 Å². The monoisotopic (exact) mass is 501 g/mol. The fraction of sp³-hybridized carbons (Fsp3) is 0.217. The molecule has 1 unspecified atom stereocenters. The van der Waals surface area contributed by atoms with Crippen LogP contribution in [0.3, 0.4) is 0 Å². The molecule has 0 aliphatic carbocycles. The molecule has 2 heterocycles. The van der Waals surface area contributed by atoms with Crippen molar-refractivity contribution < 1.29 is 8.76 Å². The van der Waals surface area contributed by atoms with E-state index >= 15 is 0 Å². The number of para-hydroxylation sites is 1. The lowest BCUT2D eigenvalue weighted by Gasteiger charge is -2.10. The molecular formula is C23H22ClN4O3S2-. The van der Waals surface area contributed by atoms with E-state index in [-0.39, 0.29) is 5.69 Å². The molecule has 1 atom stereocenters. The van der Waals surface area contributed by atoms with Crippen LogP contribution < -0.4 is 10.4 Å². The van der Waals surface area contributed by atoms with E-state index in [0.717, 1.165) is 28.8 Å². The standard InChI is InChI=1S/C23H23ClN4O3S2/c1-2-3-8-21-25-28(20-7-5-4-6-18(20)24)23(29)27(21)15-16-9-11-17(12-10-16)22-19(13-14-32-22)26-33(30)31/h4-7,9-14,26H,2-3,8,15H2,1H3,(H,30,31)/p-1. The maximum absolute atomic E-state index is 13.3. The Balaban J connectivity index is 1.65. The van der Waals surface area contributed by atoms with Gasteiger partial charge in [0.25, 0.3) is 0 Å². The van der Waals surface area contributed by atoms with Gasteiger partial charge in [0.15, 0.2) is 0 Å². The Morgan fingerprint density at radius 1 is 1.15 bits per heavy atom. The molecule has 0 aliphatic rings. The number of hydrogen-bond donors (Lipinski definition) is 1. The Morgan fingerprint density at radius 3 is 2.61 bits per heavy atom. The van der Waals surface area contributed by atoms with Crippen molar-refractivity contribution in [1.82, 2.24) is 14.3 Å². The van der Waals surface area contributed by atoms with Crippen molar-refractivity contribution in [1.29, 1.82) is 0 Å². The van der Waals surface area contributed by atoms with Crippen LogP contribution in [0.5, 0.6) is 0 Å². The van der Waals surface area contributed by atoms with E-state index < -0.39 is 11.3 Å². The fourth-order valence-electron chi connectivity index (χ4n) is 3.54. The van der Waals surface area contributed by atoms with Crippen molar-refractivity contribution in [2.45, 2.75) is 32.7 Å². The largest absolute Gasteiger partial charge is 0.755 e. The highest BCUT2D eigenvalue weighted by Gasteiger charge is 2.16. The molecule has 0 bridgehead atoms. The number of anilines is 1. The van der Waals surface area contributed by atoms with Crippen molar-refractivity contribution in [2.75, 3.05) is 4.72 Å². The molecule has 4 rings (SSSR count). The van der Waals surface area contributed by atoms with Crippen molar-refractivity contribution in [3.05, 3.63) is 86.9 Å². The molecule has 0 saturated heterocycles. The molecule has 0 spiro atoms. The normalized spacial score (nSPS) is 12.1. The van der Waals surface area contributed by atoms with E-state index in [4.69, 9.17) is 11.6 Å². The molecule has 0 amide bonds. The summed E-state index contributed by atoms with van der Waals surface area (Å²) in [5.41, 5.74) is 2.70. The van der Waals surface area contributed by atoms with Crippen LogP contribution in [-0.4, -0.2) is 23.1 Å². The summed E-state index contributed by atoms with van der Waals surface area (Å²) in [7, 11) is 0. The predicted molar refractivity (Wildman–Crippen MR) is 133 cm³/mol. The first-order valence-corrected chi connectivity index (χ1v) is 12.8. The van der Waals surface area contributed by atoms with Gasteiger partial charge >= 0.3 is 5.69 Å². The number of nitrogens with one attached hydrogen (secondary N) is 1. The number of aromatic nitrogens is 3. The van der Waals surface area contributed by atoms with Crippen LogP contribution in [0.1, 0.15) is 31.2 Å². The number of hydrogen-bond acceptors (Lipinski definition) is 5. The number of halogens is 1. The van der Waals surface area contributed by atoms with Gasteiger partial charge in [-0.1, -0.05) is 61.3 Å². The van der Waals surface area contributed by atoms with Gasteiger partial charge in [0.2, 0.25) is 0 Å². The van der Waals surface area contributed by atoms with Crippen LogP contribution in [0.15, 0.2) is 64.8 Å². The first-order chi connectivity index (χ1) is 16.0. The lowest BCUT2D eigenvalue weighted by atomic mass is 10.1. The van der Waals surface area contributed by atoms with Crippen LogP contribution in [-0.2, 0) is 24.2 Å². The molecule has 0 fully saturated rings. The van der Waals surface area contributed by atoms with Crippen molar-refractivity contribution in [3.63, 3.8) is 0 Å². The Morgan fingerprint density at radius 2 is 1.91 bits per heavy atom. The zero-order valence-electron chi connectivity index (χ0n) is 17.9. The van der Waals surface area contributed by atoms with Gasteiger partial charge < -0.3 is 9.27 Å². The second-order valence-electron chi connectivity index (χ2n) is 7.45. The third-order valence-corrected chi connectivity index (χ3v) is 6.86. The summed E-state index contributed by atoms with van der Waals surface area (Å²) in [6, 6.07) is 16.6. The van der Waals surface area contributed by atoms with E-state index in [1.165, 1.54) is 16.0 Å². The Hall–Kier alpha value is -2.72. The number of rotatable bonds is 9. The Labute approximate surface area is 203 Å². The van der Waals surface area contributed by atoms with Gasteiger partial charge in [-0.3, -0.25) is 8.78 Å². The molecule has 2 aromatic carbocycles. The minimum absolute atomic E-state index is 0.235. The highest BCUT2D eigenvalue weighted by Crippen LogP contribution is 2.34. The first-order valence-electron chi connectivity index (χ1n) is 10.4. The van der Waals surface area contributed by atoms with Gasteiger partial charge in [0.1, 0.15) is 5.82 Å². The van der Waals surface area contributed by atoms with Gasteiger partial charge in [-0.2, -0.15) is 4.68 Å². The highest BCUT2D eigenvalue weighted by atomic mass is 35.5. The third kappa shape index (κ3) is 5.27. The minimum Gasteiger partial charge on any atom is -0.755 e. The van der Waals surface area contributed by atoms with Crippen LogP contribution >= 0.6 is 22.9 Å². The summed E-state index contributed by atoms with van der Waals surface area (Å²) < 4.78 is 27.5. The maximum atomic E-state index is 13.3. The molecule has 7 nitrogen and oxygen atoms in total. The van der Waals surface area contributed by atoms with Gasteiger partial charge in [0, 0.05) is 17.7 Å². The van der Waals surface area contributed by atoms with E-state index in [0.29, 0.717) is 35.2 Å². The lowest BCUT2D eigenvalue weighted by molar-refractivity contribution is 0.542. The highest BCUT2D eigenvalue weighted by molar-refractivity contribution is 7.80. The van der Waals surface area contributed by atoms with Crippen LogP contribution in [0.2, 0.25) is 5.02 Å². The average Bonchev–Trinajstić information content (AvgIpc) is 3.37. The van der Waals surface area contributed by atoms with Crippen molar-refractivity contribution in [2.24, 2.45) is 0 Å². The second kappa shape index (κ2) is 10.5. The number of nitrogens with zero attached hydrogens (tertiary/aromatic N) is 3. The molecule has 172 valence electrons. The number of unbranched alkanes of at least 4 members (excludes halogenated alkanes) is 1. The summed E-state index contributed by atoms with van der Waals surface area (Å²) in [5.74, 6) is 0.716. The minimum atomic E-state index is -2.38. The lowest BCUT2D eigenvalue weighted by Crippen LogP contribution is -2.25. The van der Waals surface area contributed by atoms with E-state index in [1.54, 1.807) is 22.8 Å². The van der Waals surface area contributed by atoms with Gasteiger partial charge in [-0.05, 0) is 41.1 Å².